The van der Waals surface area contributed by atoms with Gasteiger partial charge in [-0.1, -0.05) is 12.1 Å². The van der Waals surface area contributed by atoms with Crippen LogP contribution in [-0.2, 0) is 4.74 Å². The third-order valence-corrected chi connectivity index (χ3v) is 3.23. The summed E-state index contributed by atoms with van der Waals surface area (Å²) in [7, 11) is 1.61. The molecule has 0 saturated heterocycles. The lowest BCUT2D eigenvalue weighted by Gasteiger charge is -2.23. The van der Waals surface area contributed by atoms with Crippen LogP contribution in [-0.4, -0.2) is 40.9 Å². The summed E-state index contributed by atoms with van der Waals surface area (Å²) in [5.74, 6) is 0.623. The van der Waals surface area contributed by atoms with Crippen molar-refractivity contribution in [2.75, 3.05) is 25.6 Å². The van der Waals surface area contributed by atoms with Crippen molar-refractivity contribution < 1.29 is 9.84 Å². The molecule has 1 aromatic heterocycles. The van der Waals surface area contributed by atoms with E-state index in [2.05, 4.69) is 15.3 Å². The first kappa shape index (κ1) is 15.0. The maximum absolute atomic E-state index is 10.2. The molecule has 0 aliphatic heterocycles. The van der Waals surface area contributed by atoms with E-state index in [1.165, 1.54) is 0 Å². The van der Waals surface area contributed by atoms with Gasteiger partial charge in [-0.3, -0.25) is 0 Å². The molecule has 5 nitrogen and oxygen atoms in total. The maximum Gasteiger partial charge on any atom is 0.224 e. The largest absolute Gasteiger partial charge is 0.388 e. The van der Waals surface area contributed by atoms with E-state index in [0.717, 1.165) is 10.9 Å². The number of anilines is 1. The normalized spacial score (nSPS) is 14.2. The Labute approximate surface area is 123 Å². The molecule has 0 bridgehead atoms. The number of benzene rings is 1. The smallest absolute Gasteiger partial charge is 0.224 e. The average molecular weight is 296 g/mol. The van der Waals surface area contributed by atoms with E-state index in [9.17, 15) is 5.11 Å². The second-order valence-electron chi connectivity index (χ2n) is 4.95. The summed E-state index contributed by atoms with van der Waals surface area (Å²) in [6.45, 7) is 2.61. The lowest BCUT2D eigenvalue weighted by Crippen LogP contribution is -2.34. The van der Waals surface area contributed by atoms with Gasteiger partial charge in [-0.2, -0.15) is 0 Å². The monoisotopic (exact) mass is 295 g/mol. The number of nitrogens with zero attached hydrogens (tertiary/aromatic N) is 2. The van der Waals surface area contributed by atoms with Gasteiger partial charge in [0.15, 0.2) is 0 Å². The van der Waals surface area contributed by atoms with Crippen molar-refractivity contribution in [1.82, 2.24) is 9.97 Å². The van der Waals surface area contributed by atoms with Crippen molar-refractivity contribution in [1.29, 1.82) is 0 Å². The molecule has 0 amide bonds. The molecule has 108 valence electrons. The molecule has 2 aromatic rings. The van der Waals surface area contributed by atoms with Crippen molar-refractivity contribution in [3.05, 3.63) is 29.5 Å². The van der Waals surface area contributed by atoms with Gasteiger partial charge in [-0.05, 0) is 30.7 Å². The second-order valence-corrected chi connectivity index (χ2v) is 5.29. The molecule has 1 aromatic carbocycles. The Balaban J connectivity index is 2.17. The van der Waals surface area contributed by atoms with Crippen LogP contribution in [0.4, 0.5) is 5.82 Å². The van der Waals surface area contributed by atoms with Crippen LogP contribution in [0.25, 0.3) is 10.9 Å². The lowest BCUT2D eigenvalue weighted by molar-refractivity contribution is 0.0357. The van der Waals surface area contributed by atoms with Gasteiger partial charge in [-0.25, -0.2) is 9.97 Å². The lowest BCUT2D eigenvalue weighted by atomic mass is 10.0. The van der Waals surface area contributed by atoms with Crippen molar-refractivity contribution in [2.45, 2.75) is 18.9 Å². The van der Waals surface area contributed by atoms with Crippen LogP contribution >= 0.6 is 11.6 Å². The van der Waals surface area contributed by atoms with Gasteiger partial charge in [0.2, 0.25) is 5.28 Å². The molecule has 2 N–H and O–H groups in total. The van der Waals surface area contributed by atoms with Crippen LogP contribution in [0.2, 0.25) is 5.28 Å². The van der Waals surface area contributed by atoms with Gasteiger partial charge in [0.25, 0.3) is 0 Å². The molecule has 1 heterocycles. The minimum atomic E-state index is -0.880. The summed E-state index contributed by atoms with van der Waals surface area (Å²) in [6, 6.07) is 7.59. The molecular weight excluding hydrogens is 278 g/mol. The zero-order valence-corrected chi connectivity index (χ0v) is 12.3. The Hall–Kier alpha value is -1.43. The van der Waals surface area contributed by atoms with Crippen LogP contribution < -0.4 is 5.32 Å². The topological polar surface area (TPSA) is 67.3 Å². The first-order chi connectivity index (χ1) is 9.52. The zero-order chi connectivity index (χ0) is 14.6. The SMILES string of the molecule is COCCC(C)(O)CNc1nc(Cl)nc2ccccc12. The van der Waals surface area contributed by atoms with Crippen LogP contribution in [0.1, 0.15) is 13.3 Å². The number of nitrogens with one attached hydrogen (secondary N) is 1. The van der Waals surface area contributed by atoms with Crippen LogP contribution in [0.15, 0.2) is 24.3 Å². The number of aliphatic hydroxyl groups is 1. The maximum atomic E-state index is 10.2. The molecular formula is C14H18ClN3O2. The average Bonchev–Trinajstić information content (AvgIpc) is 2.42. The van der Waals surface area contributed by atoms with Gasteiger partial charge >= 0.3 is 0 Å². The van der Waals surface area contributed by atoms with Crippen molar-refractivity contribution >= 4 is 28.3 Å². The summed E-state index contributed by atoms with van der Waals surface area (Å²) in [5, 5.41) is 14.4. The number of hydrogen-bond acceptors (Lipinski definition) is 5. The number of ether oxygens (including phenoxy) is 1. The van der Waals surface area contributed by atoms with Crippen molar-refractivity contribution in [3.8, 4) is 0 Å². The van der Waals surface area contributed by atoms with Crippen LogP contribution in [0, 0.1) is 0 Å². The summed E-state index contributed by atoms with van der Waals surface area (Å²) in [6.07, 6.45) is 0.535. The van der Waals surface area contributed by atoms with Gasteiger partial charge in [0, 0.05) is 32.1 Å². The Bertz CT molecular complexity index is 590. The molecule has 20 heavy (non-hydrogen) atoms. The molecule has 1 atom stereocenters. The summed E-state index contributed by atoms with van der Waals surface area (Å²) < 4.78 is 4.98. The van der Waals surface area contributed by atoms with E-state index in [1.54, 1.807) is 14.0 Å². The molecule has 0 fully saturated rings. The quantitative estimate of drug-likeness (QED) is 0.802. The first-order valence-corrected chi connectivity index (χ1v) is 6.77. The van der Waals surface area contributed by atoms with E-state index >= 15 is 0 Å². The van der Waals surface area contributed by atoms with E-state index in [4.69, 9.17) is 16.3 Å². The molecule has 0 spiro atoms. The second kappa shape index (κ2) is 6.35. The number of aromatic nitrogens is 2. The highest BCUT2D eigenvalue weighted by molar-refractivity contribution is 6.28. The van der Waals surface area contributed by atoms with E-state index in [-0.39, 0.29) is 5.28 Å². The minimum Gasteiger partial charge on any atom is -0.388 e. The number of hydrogen-bond donors (Lipinski definition) is 2. The Morgan fingerprint density at radius 3 is 2.85 bits per heavy atom. The van der Waals surface area contributed by atoms with Gasteiger partial charge in [-0.15, -0.1) is 0 Å². The van der Waals surface area contributed by atoms with Gasteiger partial charge in [0.1, 0.15) is 5.82 Å². The fraction of sp³-hybridized carbons (Fsp3) is 0.429. The highest BCUT2D eigenvalue weighted by Gasteiger charge is 2.20. The highest BCUT2D eigenvalue weighted by atomic mass is 35.5. The molecule has 6 heteroatoms. The number of halogens is 1. The van der Waals surface area contributed by atoms with Gasteiger partial charge < -0.3 is 15.2 Å². The first-order valence-electron chi connectivity index (χ1n) is 6.39. The predicted octanol–water partition coefficient (Wildman–Crippen LogP) is 2.48. The van der Waals surface area contributed by atoms with Crippen molar-refractivity contribution in [2.24, 2.45) is 0 Å². The minimum absolute atomic E-state index is 0.183. The summed E-state index contributed by atoms with van der Waals surface area (Å²) in [5.41, 5.74) is -0.110. The Morgan fingerprint density at radius 1 is 1.35 bits per heavy atom. The molecule has 0 saturated carbocycles. The fourth-order valence-electron chi connectivity index (χ4n) is 1.87. The fourth-order valence-corrected chi connectivity index (χ4v) is 2.04. The Morgan fingerprint density at radius 2 is 2.10 bits per heavy atom. The molecule has 2 rings (SSSR count). The third kappa shape index (κ3) is 3.79. The molecule has 0 aliphatic rings. The number of fused-ring (bicyclic) bond motifs is 1. The summed E-state index contributed by atoms with van der Waals surface area (Å²) in [4.78, 5) is 8.35. The predicted molar refractivity (Wildman–Crippen MR) is 80.2 cm³/mol. The highest BCUT2D eigenvalue weighted by Crippen LogP contribution is 2.22. The number of methoxy groups -OCH3 is 1. The standard InChI is InChI=1S/C14H18ClN3O2/c1-14(19,7-8-20-2)9-16-12-10-5-3-4-6-11(10)17-13(15)18-12/h3-6,19H,7-9H2,1-2H3,(H,16,17,18). The van der Waals surface area contributed by atoms with Gasteiger partial charge in [0.05, 0.1) is 11.1 Å². The van der Waals surface area contributed by atoms with E-state index < -0.39 is 5.60 Å². The third-order valence-electron chi connectivity index (χ3n) is 3.06. The zero-order valence-electron chi connectivity index (χ0n) is 11.6. The number of rotatable bonds is 6. The number of para-hydroxylation sites is 1. The summed E-state index contributed by atoms with van der Waals surface area (Å²) >= 11 is 5.91. The van der Waals surface area contributed by atoms with Crippen LogP contribution in [0.5, 0.6) is 0 Å². The van der Waals surface area contributed by atoms with Crippen molar-refractivity contribution in [3.63, 3.8) is 0 Å². The van der Waals surface area contributed by atoms with E-state index in [1.807, 2.05) is 24.3 Å². The Kier molecular flexibility index (Phi) is 4.75. The van der Waals surface area contributed by atoms with E-state index in [0.29, 0.717) is 25.4 Å². The van der Waals surface area contributed by atoms with Crippen LogP contribution in [0.3, 0.4) is 0 Å². The molecule has 0 radical (unpaired) electrons. The molecule has 0 aliphatic carbocycles. The molecule has 1 unspecified atom stereocenters.